The standard InChI is InChI=1S/C22H32O4/c1-2-3-4-15-18-21(26-25)19-16-13-11-9-7-5-6-8-10-12-14-17-20-22(23)24/h3-4,6-9,12-14,16,19,25H,2,5,10-11,15,17-18,20H2,1H3,(H,23,24). The average molecular weight is 360 g/mol. The molecule has 0 amide bonds. The van der Waals surface area contributed by atoms with E-state index in [-0.39, 0.29) is 6.42 Å². The van der Waals surface area contributed by atoms with Crippen LogP contribution in [-0.4, -0.2) is 16.3 Å². The molecule has 0 heterocycles. The van der Waals surface area contributed by atoms with Crippen molar-refractivity contribution in [2.75, 3.05) is 0 Å². The van der Waals surface area contributed by atoms with Crippen molar-refractivity contribution in [2.24, 2.45) is 0 Å². The Hall–Kier alpha value is -2.33. The van der Waals surface area contributed by atoms with E-state index in [4.69, 9.17) is 10.4 Å². The highest BCUT2D eigenvalue weighted by molar-refractivity contribution is 5.66. The fourth-order valence-corrected chi connectivity index (χ4v) is 1.96. The second-order valence-corrected chi connectivity index (χ2v) is 5.62. The second kappa shape index (κ2) is 19.0. The lowest BCUT2D eigenvalue weighted by atomic mass is 10.2. The highest BCUT2D eigenvalue weighted by atomic mass is 17.1. The van der Waals surface area contributed by atoms with Crippen LogP contribution in [0.1, 0.15) is 58.3 Å². The van der Waals surface area contributed by atoms with Gasteiger partial charge in [0.25, 0.3) is 0 Å². The largest absolute Gasteiger partial charge is 0.481 e. The van der Waals surface area contributed by atoms with Crippen molar-refractivity contribution in [1.29, 1.82) is 0 Å². The molecule has 144 valence electrons. The quantitative estimate of drug-likeness (QED) is 0.117. The third kappa shape index (κ3) is 18.0. The van der Waals surface area contributed by atoms with Gasteiger partial charge in [-0.3, -0.25) is 4.79 Å². The van der Waals surface area contributed by atoms with Gasteiger partial charge in [0.15, 0.2) is 0 Å². The number of hydrogen-bond acceptors (Lipinski definition) is 3. The van der Waals surface area contributed by atoms with Gasteiger partial charge >= 0.3 is 5.97 Å². The number of hydrogen-bond donors (Lipinski definition) is 2. The highest BCUT2D eigenvalue weighted by Gasteiger charge is 1.94. The Morgan fingerprint density at radius 3 is 1.92 bits per heavy atom. The monoisotopic (exact) mass is 360 g/mol. The van der Waals surface area contributed by atoms with Crippen LogP contribution in [0.15, 0.2) is 72.6 Å². The van der Waals surface area contributed by atoms with E-state index < -0.39 is 5.97 Å². The molecular weight excluding hydrogens is 328 g/mol. The number of aliphatic carboxylic acids is 1. The number of carboxylic acids is 1. The van der Waals surface area contributed by atoms with Gasteiger partial charge < -0.3 is 9.99 Å². The van der Waals surface area contributed by atoms with E-state index in [0.29, 0.717) is 18.6 Å². The van der Waals surface area contributed by atoms with Crippen LogP contribution in [0.25, 0.3) is 0 Å². The van der Waals surface area contributed by atoms with Gasteiger partial charge in [-0.05, 0) is 44.6 Å². The van der Waals surface area contributed by atoms with Gasteiger partial charge in [-0.1, -0.05) is 67.7 Å². The summed E-state index contributed by atoms with van der Waals surface area (Å²) in [4.78, 5) is 14.7. The lowest BCUT2D eigenvalue weighted by Crippen LogP contribution is -1.91. The Morgan fingerprint density at radius 2 is 1.35 bits per heavy atom. The molecule has 4 heteroatoms. The van der Waals surface area contributed by atoms with E-state index in [1.807, 2.05) is 24.3 Å². The van der Waals surface area contributed by atoms with Crippen molar-refractivity contribution < 1.29 is 20.0 Å². The molecule has 0 atom stereocenters. The Morgan fingerprint density at radius 1 is 0.808 bits per heavy atom. The van der Waals surface area contributed by atoms with Crippen LogP contribution in [0, 0.1) is 0 Å². The van der Waals surface area contributed by atoms with Gasteiger partial charge in [0, 0.05) is 12.8 Å². The predicted molar refractivity (Wildman–Crippen MR) is 108 cm³/mol. The minimum atomic E-state index is -0.760. The number of carboxylic acid groups (broad SMARTS) is 1. The molecule has 4 nitrogen and oxygen atoms in total. The molecule has 0 aliphatic carbocycles. The van der Waals surface area contributed by atoms with E-state index in [1.54, 1.807) is 6.08 Å². The summed E-state index contributed by atoms with van der Waals surface area (Å²) < 4.78 is 0. The molecule has 0 radical (unpaired) electrons. The normalized spacial score (nSPS) is 13.2. The molecule has 0 fully saturated rings. The van der Waals surface area contributed by atoms with Crippen molar-refractivity contribution in [3.8, 4) is 0 Å². The van der Waals surface area contributed by atoms with Gasteiger partial charge in [-0.15, -0.1) is 0 Å². The smallest absolute Gasteiger partial charge is 0.303 e. The van der Waals surface area contributed by atoms with Crippen LogP contribution in [0.3, 0.4) is 0 Å². The molecule has 0 saturated carbocycles. The van der Waals surface area contributed by atoms with Crippen molar-refractivity contribution in [2.45, 2.75) is 58.3 Å². The maximum Gasteiger partial charge on any atom is 0.303 e. The van der Waals surface area contributed by atoms with Crippen LogP contribution >= 0.6 is 0 Å². The molecule has 0 aromatic heterocycles. The van der Waals surface area contributed by atoms with Gasteiger partial charge in [0.1, 0.15) is 5.76 Å². The molecule has 2 N–H and O–H groups in total. The summed E-state index contributed by atoms with van der Waals surface area (Å²) in [6.07, 6.45) is 27.9. The molecule has 0 aromatic carbocycles. The SMILES string of the molecule is CCC=CCCC(=CC=CCC=CCC=CCC=CCCC(=O)O)OO. The Labute approximate surface area is 157 Å². The molecular formula is C22H32O4. The van der Waals surface area contributed by atoms with Crippen LogP contribution in [0.4, 0.5) is 0 Å². The maximum atomic E-state index is 10.3. The first kappa shape index (κ1) is 23.7. The van der Waals surface area contributed by atoms with Crippen LogP contribution in [-0.2, 0) is 9.68 Å². The van der Waals surface area contributed by atoms with Crippen molar-refractivity contribution in [3.63, 3.8) is 0 Å². The first-order valence-corrected chi connectivity index (χ1v) is 9.19. The summed E-state index contributed by atoms with van der Waals surface area (Å²) >= 11 is 0. The molecule has 0 aliphatic heterocycles. The first-order chi connectivity index (χ1) is 12.7. The molecule has 0 bridgehead atoms. The summed E-state index contributed by atoms with van der Waals surface area (Å²) in [6.45, 7) is 2.09. The summed E-state index contributed by atoms with van der Waals surface area (Å²) in [5.41, 5.74) is 0. The van der Waals surface area contributed by atoms with Gasteiger partial charge in [0.2, 0.25) is 0 Å². The van der Waals surface area contributed by atoms with E-state index in [1.165, 1.54) is 0 Å². The second-order valence-electron chi connectivity index (χ2n) is 5.62. The Balaban J connectivity index is 3.82. The summed E-state index contributed by atoms with van der Waals surface area (Å²) in [7, 11) is 0. The Bertz CT molecular complexity index is 522. The van der Waals surface area contributed by atoms with Crippen molar-refractivity contribution >= 4 is 5.97 Å². The fraction of sp³-hybridized carbons (Fsp3) is 0.409. The molecule has 0 aliphatic rings. The molecule has 0 aromatic rings. The van der Waals surface area contributed by atoms with Gasteiger partial charge in [-0.2, -0.15) is 0 Å². The number of carbonyl (C=O) groups is 1. The number of allylic oxidation sites excluding steroid dienone is 12. The van der Waals surface area contributed by atoms with Gasteiger partial charge in [-0.25, -0.2) is 5.26 Å². The minimum absolute atomic E-state index is 0.188. The summed E-state index contributed by atoms with van der Waals surface area (Å²) in [5.74, 6) is -0.200. The molecule has 26 heavy (non-hydrogen) atoms. The highest BCUT2D eigenvalue weighted by Crippen LogP contribution is 2.07. The third-order valence-electron chi connectivity index (χ3n) is 3.34. The van der Waals surface area contributed by atoms with E-state index in [9.17, 15) is 4.79 Å². The minimum Gasteiger partial charge on any atom is -0.481 e. The number of rotatable bonds is 15. The molecule has 0 rings (SSSR count). The fourth-order valence-electron chi connectivity index (χ4n) is 1.96. The van der Waals surface area contributed by atoms with Crippen LogP contribution < -0.4 is 0 Å². The van der Waals surface area contributed by atoms with E-state index in [0.717, 1.165) is 32.1 Å². The van der Waals surface area contributed by atoms with Crippen LogP contribution in [0.5, 0.6) is 0 Å². The lowest BCUT2D eigenvalue weighted by molar-refractivity contribution is -0.205. The lowest BCUT2D eigenvalue weighted by Gasteiger charge is -1.99. The van der Waals surface area contributed by atoms with Gasteiger partial charge in [0.05, 0.1) is 0 Å². The predicted octanol–water partition coefficient (Wildman–Crippen LogP) is 6.37. The van der Waals surface area contributed by atoms with E-state index in [2.05, 4.69) is 48.3 Å². The third-order valence-corrected chi connectivity index (χ3v) is 3.34. The molecule has 0 unspecified atom stereocenters. The summed E-state index contributed by atoms with van der Waals surface area (Å²) in [5, 5.41) is 17.3. The maximum absolute atomic E-state index is 10.3. The average Bonchev–Trinajstić information content (AvgIpc) is 2.63. The molecule has 0 spiro atoms. The zero-order valence-corrected chi connectivity index (χ0v) is 15.7. The molecule has 0 saturated heterocycles. The topological polar surface area (TPSA) is 66.8 Å². The van der Waals surface area contributed by atoms with Crippen LogP contribution in [0.2, 0.25) is 0 Å². The zero-order valence-electron chi connectivity index (χ0n) is 15.7. The Kier molecular flexibility index (Phi) is 17.3. The van der Waals surface area contributed by atoms with Crippen molar-refractivity contribution in [3.05, 3.63) is 72.6 Å². The van der Waals surface area contributed by atoms with E-state index >= 15 is 0 Å². The summed E-state index contributed by atoms with van der Waals surface area (Å²) in [6, 6.07) is 0. The first-order valence-electron chi connectivity index (χ1n) is 9.19. The zero-order chi connectivity index (χ0) is 19.3. The van der Waals surface area contributed by atoms with Crippen molar-refractivity contribution in [1.82, 2.24) is 0 Å².